The summed E-state index contributed by atoms with van der Waals surface area (Å²) in [4.78, 5) is 0. The highest BCUT2D eigenvalue weighted by molar-refractivity contribution is 5.85. The predicted octanol–water partition coefficient (Wildman–Crippen LogP) is 3.27. The second-order valence-corrected chi connectivity index (χ2v) is 4.98. The first-order valence-corrected chi connectivity index (χ1v) is 6.55. The Morgan fingerprint density at radius 2 is 1.95 bits per heavy atom. The standard InChI is InChI=1S/C13H19F2N5.ClH/c1-9(2)19-7-12(6-18-19)16-4-11-5-17-20(10(11)3)8-13(14)15;/h5-7,9,13,16H,4,8H2,1-3H3;1H. The van der Waals surface area contributed by atoms with Gasteiger partial charge in [0.1, 0.15) is 6.54 Å². The van der Waals surface area contributed by atoms with Crippen molar-refractivity contribution < 1.29 is 8.78 Å². The van der Waals surface area contributed by atoms with Gasteiger partial charge >= 0.3 is 0 Å². The Morgan fingerprint density at radius 1 is 1.24 bits per heavy atom. The van der Waals surface area contributed by atoms with Crippen LogP contribution in [0, 0.1) is 6.92 Å². The van der Waals surface area contributed by atoms with Gasteiger partial charge < -0.3 is 5.32 Å². The third-order valence-electron chi connectivity index (χ3n) is 3.13. The van der Waals surface area contributed by atoms with Gasteiger partial charge in [0, 0.05) is 30.0 Å². The monoisotopic (exact) mass is 319 g/mol. The van der Waals surface area contributed by atoms with Crippen molar-refractivity contribution in [1.29, 1.82) is 0 Å². The fourth-order valence-corrected chi connectivity index (χ4v) is 1.88. The molecule has 0 amide bonds. The van der Waals surface area contributed by atoms with Gasteiger partial charge in [-0.15, -0.1) is 12.4 Å². The van der Waals surface area contributed by atoms with Gasteiger partial charge in [-0.2, -0.15) is 10.2 Å². The van der Waals surface area contributed by atoms with Crippen molar-refractivity contribution in [2.24, 2.45) is 0 Å². The molecule has 2 aromatic rings. The number of rotatable bonds is 6. The van der Waals surface area contributed by atoms with Crippen LogP contribution in [0.2, 0.25) is 0 Å². The Kier molecular flexibility index (Phi) is 6.14. The summed E-state index contributed by atoms with van der Waals surface area (Å²) >= 11 is 0. The molecule has 0 unspecified atom stereocenters. The molecule has 2 aromatic heterocycles. The number of nitrogens with one attached hydrogen (secondary N) is 1. The van der Waals surface area contributed by atoms with Gasteiger partial charge in [0.05, 0.1) is 18.1 Å². The molecular formula is C13H20ClF2N5. The van der Waals surface area contributed by atoms with E-state index in [-0.39, 0.29) is 19.0 Å². The largest absolute Gasteiger partial charge is 0.378 e. The molecule has 118 valence electrons. The van der Waals surface area contributed by atoms with Crippen LogP contribution in [-0.2, 0) is 13.1 Å². The number of alkyl halides is 2. The number of hydrogen-bond donors (Lipinski definition) is 1. The molecule has 0 spiro atoms. The van der Waals surface area contributed by atoms with Crippen molar-refractivity contribution in [3.63, 3.8) is 0 Å². The van der Waals surface area contributed by atoms with E-state index in [1.807, 2.05) is 10.9 Å². The van der Waals surface area contributed by atoms with E-state index in [9.17, 15) is 8.78 Å². The highest BCUT2D eigenvalue weighted by atomic mass is 35.5. The summed E-state index contributed by atoms with van der Waals surface area (Å²) < 4.78 is 27.9. The fourth-order valence-electron chi connectivity index (χ4n) is 1.88. The van der Waals surface area contributed by atoms with Gasteiger partial charge in [0.15, 0.2) is 0 Å². The molecule has 2 heterocycles. The minimum absolute atomic E-state index is 0. The molecule has 1 N–H and O–H groups in total. The van der Waals surface area contributed by atoms with Crippen molar-refractivity contribution in [1.82, 2.24) is 19.6 Å². The third kappa shape index (κ3) is 4.42. The summed E-state index contributed by atoms with van der Waals surface area (Å²) in [5.41, 5.74) is 2.57. The molecule has 0 saturated carbocycles. The Bertz CT molecular complexity index is 565. The average Bonchev–Trinajstić information content (AvgIpc) is 2.96. The van der Waals surface area contributed by atoms with Gasteiger partial charge in [-0.05, 0) is 20.8 Å². The first kappa shape index (κ1) is 17.4. The molecule has 0 fully saturated rings. The molecule has 8 heteroatoms. The van der Waals surface area contributed by atoms with Gasteiger partial charge in [0.25, 0.3) is 6.43 Å². The molecule has 0 bridgehead atoms. The molecule has 2 rings (SSSR count). The van der Waals surface area contributed by atoms with E-state index in [0.717, 1.165) is 16.9 Å². The SMILES string of the molecule is Cc1c(CNc2cnn(C(C)C)c2)cnn1CC(F)F.Cl. The summed E-state index contributed by atoms with van der Waals surface area (Å²) in [5.74, 6) is 0. The summed E-state index contributed by atoms with van der Waals surface area (Å²) in [7, 11) is 0. The van der Waals surface area contributed by atoms with Gasteiger partial charge in [-0.1, -0.05) is 0 Å². The van der Waals surface area contributed by atoms with Crippen LogP contribution in [0.25, 0.3) is 0 Å². The van der Waals surface area contributed by atoms with Crippen molar-refractivity contribution in [2.75, 3.05) is 5.32 Å². The van der Waals surface area contributed by atoms with E-state index in [1.165, 1.54) is 4.68 Å². The molecule has 0 aliphatic heterocycles. The normalized spacial score (nSPS) is 11.0. The molecule has 21 heavy (non-hydrogen) atoms. The molecule has 0 aliphatic carbocycles. The maximum Gasteiger partial charge on any atom is 0.257 e. The van der Waals surface area contributed by atoms with Gasteiger partial charge in [-0.25, -0.2) is 8.78 Å². The Morgan fingerprint density at radius 3 is 2.52 bits per heavy atom. The molecule has 0 saturated heterocycles. The summed E-state index contributed by atoms with van der Waals surface area (Å²) in [6.45, 7) is 6.07. The fraction of sp³-hybridized carbons (Fsp3) is 0.538. The Labute approximate surface area is 128 Å². The Balaban J connectivity index is 0.00000220. The van der Waals surface area contributed by atoms with Gasteiger partial charge in [-0.3, -0.25) is 9.36 Å². The van der Waals surface area contributed by atoms with Crippen LogP contribution in [0.3, 0.4) is 0 Å². The second kappa shape index (κ2) is 7.40. The summed E-state index contributed by atoms with van der Waals surface area (Å²) in [5, 5.41) is 11.4. The maximum absolute atomic E-state index is 12.4. The van der Waals surface area contributed by atoms with Crippen LogP contribution < -0.4 is 5.32 Å². The van der Waals surface area contributed by atoms with Crippen molar-refractivity contribution in [3.05, 3.63) is 29.8 Å². The summed E-state index contributed by atoms with van der Waals surface area (Å²) in [6, 6.07) is 0.307. The van der Waals surface area contributed by atoms with E-state index >= 15 is 0 Å². The van der Waals surface area contributed by atoms with Crippen LogP contribution in [0.4, 0.5) is 14.5 Å². The number of aromatic nitrogens is 4. The predicted molar refractivity (Wildman–Crippen MR) is 80.2 cm³/mol. The molecule has 0 radical (unpaired) electrons. The van der Waals surface area contributed by atoms with Crippen LogP contribution in [-0.4, -0.2) is 26.0 Å². The van der Waals surface area contributed by atoms with E-state index in [4.69, 9.17) is 0 Å². The molecular weight excluding hydrogens is 300 g/mol. The number of halogens is 3. The smallest absolute Gasteiger partial charge is 0.257 e. The van der Waals surface area contributed by atoms with Crippen LogP contribution in [0.1, 0.15) is 31.1 Å². The zero-order valence-corrected chi connectivity index (χ0v) is 13.1. The quantitative estimate of drug-likeness (QED) is 0.889. The highest BCUT2D eigenvalue weighted by Gasteiger charge is 2.11. The second-order valence-electron chi connectivity index (χ2n) is 4.98. The lowest BCUT2D eigenvalue weighted by Crippen LogP contribution is -2.10. The zero-order valence-electron chi connectivity index (χ0n) is 12.3. The van der Waals surface area contributed by atoms with Gasteiger partial charge in [0.2, 0.25) is 0 Å². The molecule has 0 aromatic carbocycles. The average molecular weight is 320 g/mol. The topological polar surface area (TPSA) is 47.7 Å². The number of nitrogens with zero attached hydrogens (tertiary/aromatic N) is 4. The van der Waals surface area contributed by atoms with Crippen molar-refractivity contribution >= 4 is 18.1 Å². The number of anilines is 1. The maximum atomic E-state index is 12.4. The summed E-state index contributed by atoms with van der Waals surface area (Å²) in [6.07, 6.45) is 2.90. The van der Waals surface area contributed by atoms with E-state index in [2.05, 4.69) is 29.4 Å². The first-order chi connectivity index (χ1) is 9.47. The minimum Gasteiger partial charge on any atom is -0.378 e. The Hall–Kier alpha value is -1.63. The number of hydrogen-bond acceptors (Lipinski definition) is 3. The van der Waals surface area contributed by atoms with Crippen molar-refractivity contribution in [2.45, 2.75) is 46.3 Å². The van der Waals surface area contributed by atoms with Crippen LogP contribution in [0.15, 0.2) is 18.6 Å². The highest BCUT2D eigenvalue weighted by Crippen LogP contribution is 2.14. The first-order valence-electron chi connectivity index (χ1n) is 6.55. The van der Waals surface area contributed by atoms with E-state index < -0.39 is 6.43 Å². The lowest BCUT2D eigenvalue weighted by atomic mass is 10.2. The minimum atomic E-state index is -2.39. The molecule has 0 aliphatic rings. The van der Waals surface area contributed by atoms with Crippen molar-refractivity contribution in [3.8, 4) is 0 Å². The van der Waals surface area contributed by atoms with E-state index in [0.29, 0.717) is 12.6 Å². The zero-order chi connectivity index (χ0) is 14.7. The molecule has 5 nitrogen and oxygen atoms in total. The molecule has 0 atom stereocenters. The van der Waals surface area contributed by atoms with E-state index in [1.54, 1.807) is 19.3 Å². The lowest BCUT2D eigenvalue weighted by molar-refractivity contribution is 0.121. The lowest BCUT2D eigenvalue weighted by Gasteiger charge is -2.06. The van der Waals surface area contributed by atoms with Crippen LogP contribution >= 0.6 is 12.4 Å². The third-order valence-corrected chi connectivity index (χ3v) is 3.13. The van der Waals surface area contributed by atoms with Crippen LogP contribution in [0.5, 0.6) is 0 Å².